The Kier molecular flexibility index (Phi) is 3.49. The van der Waals surface area contributed by atoms with Gasteiger partial charge in [0, 0.05) is 18.8 Å². The van der Waals surface area contributed by atoms with Crippen molar-refractivity contribution in [2.24, 2.45) is 0 Å². The fourth-order valence-corrected chi connectivity index (χ4v) is 2.26. The van der Waals surface area contributed by atoms with Crippen molar-refractivity contribution in [2.75, 3.05) is 18.0 Å². The lowest BCUT2D eigenvalue weighted by Crippen LogP contribution is -2.30. The molecule has 1 saturated heterocycles. The number of nitrogens with zero attached hydrogens (tertiary/aromatic N) is 2. The van der Waals surface area contributed by atoms with Gasteiger partial charge in [0.15, 0.2) is 0 Å². The van der Waals surface area contributed by atoms with Crippen molar-refractivity contribution in [2.45, 2.75) is 38.7 Å². The van der Waals surface area contributed by atoms with E-state index in [0.717, 1.165) is 5.69 Å². The minimum Gasteiger partial charge on any atom is -0.478 e. The van der Waals surface area contributed by atoms with Crippen LogP contribution < -0.4 is 4.90 Å². The van der Waals surface area contributed by atoms with E-state index in [4.69, 9.17) is 5.11 Å². The molecule has 5 nitrogen and oxygen atoms in total. The topological polar surface area (TPSA) is 73.7 Å². The molecule has 0 radical (unpaired) electrons. The van der Waals surface area contributed by atoms with Crippen LogP contribution in [0, 0.1) is 0 Å². The summed E-state index contributed by atoms with van der Waals surface area (Å²) < 4.78 is 0. The molecule has 1 unspecified atom stereocenters. The summed E-state index contributed by atoms with van der Waals surface area (Å²) in [4.78, 5) is 17.6. The molecule has 19 heavy (non-hydrogen) atoms. The average molecular weight is 264 g/mol. The molecule has 1 aromatic heterocycles. The van der Waals surface area contributed by atoms with Gasteiger partial charge in [0.2, 0.25) is 0 Å². The van der Waals surface area contributed by atoms with Gasteiger partial charge in [-0.15, -0.1) is 0 Å². The van der Waals surface area contributed by atoms with Crippen LogP contribution in [-0.4, -0.2) is 39.9 Å². The second-order valence-corrected chi connectivity index (χ2v) is 5.77. The molecule has 0 bridgehead atoms. The zero-order chi connectivity index (χ0) is 14.2. The highest BCUT2D eigenvalue weighted by molar-refractivity contribution is 5.88. The van der Waals surface area contributed by atoms with Crippen LogP contribution in [0.1, 0.15) is 49.2 Å². The van der Waals surface area contributed by atoms with E-state index in [0.29, 0.717) is 25.3 Å². The van der Waals surface area contributed by atoms with Crippen LogP contribution in [-0.2, 0) is 0 Å². The summed E-state index contributed by atoms with van der Waals surface area (Å²) in [7, 11) is 0. The zero-order valence-corrected chi connectivity index (χ0v) is 11.6. The summed E-state index contributed by atoms with van der Waals surface area (Å²) in [5, 5.41) is 19.2. The molecule has 0 saturated carbocycles. The zero-order valence-electron chi connectivity index (χ0n) is 11.6. The van der Waals surface area contributed by atoms with Crippen LogP contribution in [0.25, 0.3) is 0 Å². The van der Waals surface area contributed by atoms with E-state index in [9.17, 15) is 9.90 Å². The van der Waals surface area contributed by atoms with E-state index in [1.807, 2.05) is 18.7 Å². The molecular weight excluding hydrogens is 244 g/mol. The number of hydrogen-bond acceptors (Lipinski definition) is 4. The van der Waals surface area contributed by atoms with Gasteiger partial charge >= 0.3 is 5.97 Å². The first-order valence-electron chi connectivity index (χ1n) is 6.51. The summed E-state index contributed by atoms with van der Waals surface area (Å²) in [6.07, 6.45) is 0.670. The Bertz CT molecular complexity index is 497. The first kappa shape index (κ1) is 13.8. The molecule has 2 rings (SSSR count). The van der Waals surface area contributed by atoms with Crippen LogP contribution in [0.3, 0.4) is 0 Å². The van der Waals surface area contributed by atoms with Crippen LogP contribution >= 0.6 is 0 Å². The van der Waals surface area contributed by atoms with E-state index in [1.54, 1.807) is 19.1 Å². The van der Waals surface area contributed by atoms with E-state index < -0.39 is 11.6 Å². The van der Waals surface area contributed by atoms with Gasteiger partial charge in [-0.2, -0.15) is 0 Å². The summed E-state index contributed by atoms with van der Waals surface area (Å²) >= 11 is 0. The van der Waals surface area contributed by atoms with Gasteiger partial charge in [-0.25, -0.2) is 9.78 Å². The smallest absolute Gasteiger partial charge is 0.335 e. The van der Waals surface area contributed by atoms with Crippen LogP contribution in [0.15, 0.2) is 12.1 Å². The molecule has 2 heterocycles. The molecule has 1 aromatic rings. The molecule has 1 aliphatic heterocycles. The number of pyridine rings is 1. The predicted octanol–water partition coefficient (Wildman–Crippen LogP) is 1.86. The lowest BCUT2D eigenvalue weighted by atomic mass is 10.1. The minimum absolute atomic E-state index is 0.168. The molecule has 0 aliphatic carbocycles. The van der Waals surface area contributed by atoms with E-state index >= 15 is 0 Å². The maximum Gasteiger partial charge on any atom is 0.335 e. The lowest BCUT2D eigenvalue weighted by molar-refractivity contribution is 0.0696. The van der Waals surface area contributed by atoms with Gasteiger partial charge in [0.25, 0.3) is 0 Å². The molecule has 0 aromatic carbocycles. The Morgan fingerprint density at radius 2 is 2.16 bits per heavy atom. The Hall–Kier alpha value is -1.62. The molecule has 104 valence electrons. The maximum atomic E-state index is 11.2. The van der Waals surface area contributed by atoms with Gasteiger partial charge in [0.1, 0.15) is 5.82 Å². The van der Waals surface area contributed by atoms with Crippen molar-refractivity contribution in [1.82, 2.24) is 4.98 Å². The molecule has 1 atom stereocenters. The summed E-state index contributed by atoms with van der Waals surface area (Å²) in [5.74, 6) is -0.140. The average Bonchev–Trinajstić information content (AvgIpc) is 2.69. The number of rotatable bonds is 3. The lowest BCUT2D eigenvalue weighted by Gasteiger charge is -2.21. The normalized spacial score (nSPS) is 23.1. The number of carboxylic acid groups (broad SMARTS) is 1. The summed E-state index contributed by atoms with van der Waals surface area (Å²) in [6.45, 7) is 6.94. The Morgan fingerprint density at radius 3 is 2.63 bits per heavy atom. The van der Waals surface area contributed by atoms with Gasteiger partial charge in [-0.05, 0) is 31.4 Å². The first-order chi connectivity index (χ1) is 8.78. The fourth-order valence-electron chi connectivity index (χ4n) is 2.26. The molecular formula is C14H20N2O3. The van der Waals surface area contributed by atoms with Crippen molar-refractivity contribution in [3.8, 4) is 0 Å². The van der Waals surface area contributed by atoms with E-state index in [1.165, 1.54) is 0 Å². The highest BCUT2D eigenvalue weighted by Gasteiger charge is 2.32. The summed E-state index contributed by atoms with van der Waals surface area (Å²) in [6, 6.07) is 3.19. The highest BCUT2D eigenvalue weighted by Crippen LogP contribution is 2.27. The largest absolute Gasteiger partial charge is 0.478 e. The maximum absolute atomic E-state index is 11.2. The molecule has 2 N–H and O–H groups in total. The van der Waals surface area contributed by atoms with Crippen molar-refractivity contribution in [3.05, 3.63) is 23.4 Å². The third kappa shape index (κ3) is 3.04. The fraction of sp³-hybridized carbons (Fsp3) is 0.571. The first-order valence-corrected chi connectivity index (χ1v) is 6.51. The molecule has 1 fully saturated rings. The number of aliphatic hydroxyl groups is 1. The van der Waals surface area contributed by atoms with Gasteiger partial charge in [-0.1, -0.05) is 13.8 Å². The number of anilines is 1. The number of carbonyl (C=O) groups is 1. The number of carboxylic acids is 1. The Labute approximate surface area is 112 Å². The van der Waals surface area contributed by atoms with E-state index in [2.05, 4.69) is 4.98 Å². The number of aromatic carboxylic acids is 1. The summed E-state index contributed by atoms with van der Waals surface area (Å²) in [5.41, 5.74) is 0.292. The number of hydrogen-bond donors (Lipinski definition) is 2. The molecule has 0 amide bonds. The highest BCUT2D eigenvalue weighted by atomic mass is 16.4. The van der Waals surface area contributed by atoms with Crippen LogP contribution in [0.4, 0.5) is 5.82 Å². The van der Waals surface area contributed by atoms with E-state index in [-0.39, 0.29) is 11.5 Å². The minimum atomic E-state index is -0.948. The van der Waals surface area contributed by atoms with Crippen molar-refractivity contribution in [3.63, 3.8) is 0 Å². The molecule has 1 aliphatic rings. The van der Waals surface area contributed by atoms with Crippen LogP contribution in [0.5, 0.6) is 0 Å². The Morgan fingerprint density at radius 1 is 1.47 bits per heavy atom. The van der Waals surface area contributed by atoms with Crippen molar-refractivity contribution >= 4 is 11.8 Å². The Balaban J connectivity index is 2.37. The number of aromatic nitrogens is 1. The second kappa shape index (κ2) is 4.81. The SMILES string of the molecule is CC(C)c1cc(C(=O)O)cc(N2CCC(C)(O)C2)n1. The molecule has 0 spiro atoms. The standard InChI is InChI=1S/C14H20N2O3/c1-9(2)11-6-10(13(17)18)7-12(15-11)16-5-4-14(3,19)8-16/h6-7,9,19H,4-5,8H2,1-3H3,(H,17,18). The monoisotopic (exact) mass is 264 g/mol. The molecule has 5 heteroatoms. The number of β-amino-alcohol motifs (C(OH)–C–C–N with tert-alkyl or cyclic N) is 1. The third-order valence-electron chi connectivity index (χ3n) is 3.45. The van der Waals surface area contributed by atoms with Crippen LogP contribution in [0.2, 0.25) is 0 Å². The van der Waals surface area contributed by atoms with Gasteiger partial charge in [-0.3, -0.25) is 0 Å². The van der Waals surface area contributed by atoms with Gasteiger partial charge < -0.3 is 15.1 Å². The van der Waals surface area contributed by atoms with Crippen molar-refractivity contribution < 1.29 is 15.0 Å². The quantitative estimate of drug-likeness (QED) is 0.871. The van der Waals surface area contributed by atoms with Crippen molar-refractivity contribution in [1.29, 1.82) is 0 Å². The predicted molar refractivity (Wildman–Crippen MR) is 72.7 cm³/mol. The van der Waals surface area contributed by atoms with Gasteiger partial charge in [0.05, 0.1) is 11.2 Å². The third-order valence-corrected chi connectivity index (χ3v) is 3.45. The second-order valence-electron chi connectivity index (χ2n) is 5.77.